The number of nitrogens with one attached hydrogen (secondary N) is 2. The first-order valence-corrected chi connectivity index (χ1v) is 7.45. The number of ether oxygens (including phenoxy) is 3. The molecule has 1 aromatic carbocycles. The molecule has 0 bridgehead atoms. The molecular weight excluding hydrogens is 284 g/mol. The fraction of sp³-hybridized carbons (Fsp3) is 0.562. The van der Waals surface area contributed by atoms with E-state index >= 15 is 0 Å². The molecule has 22 heavy (non-hydrogen) atoms. The maximum absolute atomic E-state index is 12.5. The molecule has 0 spiro atoms. The molecule has 2 rings (SSSR count). The molecule has 2 N–H and O–H groups in total. The summed E-state index contributed by atoms with van der Waals surface area (Å²) >= 11 is 0. The molecular formula is C16H24N2O4. The minimum absolute atomic E-state index is 0.125. The van der Waals surface area contributed by atoms with Gasteiger partial charge in [-0.1, -0.05) is 0 Å². The lowest BCUT2D eigenvalue weighted by Gasteiger charge is -2.30. The maximum Gasteiger partial charge on any atom is 0.251 e. The topological polar surface area (TPSA) is 68.8 Å². The normalized spacial score (nSPS) is 21.1. The number of amides is 1. The van der Waals surface area contributed by atoms with Gasteiger partial charge in [0.1, 0.15) is 0 Å². The van der Waals surface area contributed by atoms with Crippen molar-refractivity contribution in [1.29, 1.82) is 0 Å². The molecule has 6 nitrogen and oxygen atoms in total. The Balaban J connectivity index is 2.21. The summed E-state index contributed by atoms with van der Waals surface area (Å²) in [6, 6.07) is 3.72. The van der Waals surface area contributed by atoms with Gasteiger partial charge in [-0.3, -0.25) is 4.79 Å². The number of rotatable bonds is 5. The van der Waals surface area contributed by atoms with Gasteiger partial charge in [0, 0.05) is 17.6 Å². The Morgan fingerprint density at radius 1 is 1.18 bits per heavy atom. The third-order valence-electron chi connectivity index (χ3n) is 4.01. The van der Waals surface area contributed by atoms with E-state index < -0.39 is 0 Å². The van der Waals surface area contributed by atoms with Crippen molar-refractivity contribution in [1.82, 2.24) is 10.6 Å². The highest BCUT2D eigenvalue weighted by Gasteiger charge is 2.24. The van der Waals surface area contributed by atoms with Crippen LogP contribution in [0.5, 0.6) is 17.2 Å². The summed E-state index contributed by atoms with van der Waals surface area (Å²) in [6.45, 7) is 3.08. The van der Waals surface area contributed by atoms with E-state index in [0.29, 0.717) is 22.8 Å². The molecule has 0 aromatic heterocycles. The number of hydrogen-bond donors (Lipinski definition) is 2. The quantitative estimate of drug-likeness (QED) is 0.864. The highest BCUT2D eigenvalue weighted by molar-refractivity contribution is 5.95. The first kappa shape index (κ1) is 16.4. The van der Waals surface area contributed by atoms with Crippen molar-refractivity contribution in [2.75, 3.05) is 27.9 Å². The fourth-order valence-electron chi connectivity index (χ4n) is 2.71. The zero-order chi connectivity index (χ0) is 16.1. The van der Waals surface area contributed by atoms with Gasteiger partial charge < -0.3 is 24.8 Å². The lowest BCUT2D eigenvalue weighted by atomic mass is 9.99. The number of benzene rings is 1. The summed E-state index contributed by atoms with van der Waals surface area (Å²) in [5.74, 6) is 1.29. The second-order valence-electron chi connectivity index (χ2n) is 5.38. The van der Waals surface area contributed by atoms with Crippen LogP contribution in [-0.4, -0.2) is 45.9 Å². The summed E-state index contributed by atoms with van der Waals surface area (Å²) in [6.07, 6.45) is 2.04. The largest absolute Gasteiger partial charge is 0.493 e. The Morgan fingerprint density at radius 3 is 2.32 bits per heavy atom. The van der Waals surface area contributed by atoms with E-state index in [1.165, 1.54) is 21.3 Å². The molecule has 0 saturated carbocycles. The average molecular weight is 308 g/mol. The van der Waals surface area contributed by atoms with E-state index in [2.05, 4.69) is 17.6 Å². The van der Waals surface area contributed by atoms with Gasteiger partial charge in [0.15, 0.2) is 11.5 Å². The van der Waals surface area contributed by atoms with Crippen molar-refractivity contribution in [2.45, 2.75) is 31.8 Å². The van der Waals surface area contributed by atoms with Gasteiger partial charge in [-0.2, -0.15) is 0 Å². The standard InChI is InChI=1S/C16H24N2O4/c1-10-12(6-5-7-17-10)18-16(19)11-8-13(20-2)15(22-4)14(9-11)21-3/h8-10,12,17H,5-7H2,1-4H3,(H,18,19). The van der Waals surface area contributed by atoms with Crippen LogP contribution in [0.25, 0.3) is 0 Å². The molecule has 1 heterocycles. The van der Waals surface area contributed by atoms with E-state index in [9.17, 15) is 4.79 Å². The van der Waals surface area contributed by atoms with Crippen molar-refractivity contribution >= 4 is 5.91 Å². The summed E-state index contributed by atoms with van der Waals surface area (Å²) in [7, 11) is 4.60. The van der Waals surface area contributed by atoms with Crippen LogP contribution in [-0.2, 0) is 0 Å². The number of hydrogen-bond acceptors (Lipinski definition) is 5. The Hall–Kier alpha value is -1.95. The van der Waals surface area contributed by atoms with E-state index in [0.717, 1.165) is 19.4 Å². The predicted molar refractivity (Wildman–Crippen MR) is 84.1 cm³/mol. The maximum atomic E-state index is 12.5. The van der Waals surface area contributed by atoms with Gasteiger partial charge in [0.05, 0.1) is 21.3 Å². The molecule has 6 heteroatoms. The van der Waals surface area contributed by atoms with Crippen LogP contribution in [0.4, 0.5) is 0 Å². The Morgan fingerprint density at radius 2 is 1.82 bits per heavy atom. The smallest absolute Gasteiger partial charge is 0.251 e. The van der Waals surface area contributed by atoms with Gasteiger partial charge in [-0.05, 0) is 38.4 Å². The number of carbonyl (C=O) groups excluding carboxylic acids is 1. The summed E-state index contributed by atoms with van der Waals surface area (Å²) in [4.78, 5) is 12.5. The molecule has 1 amide bonds. The number of piperidine rings is 1. The SMILES string of the molecule is COc1cc(C(=O)NC2CCCNC2C)cc(OC)c1OC. The third kappa shape index (κ3) is 3.44. The summed E-state index contributed by atoms with van der Waals surface area (Å²) < 4.78 is 15.8. The molecule has 1 aliphatic heterocycles. The second-order valence-corrected chi connectivity index (χ2v) is 5.38. The van der Waals surface area contributed by atoms with Crippen LogP contribution in [0, 0.1) is 0 Å². The van der Waals surface area contributed by atoms with Crippen molar-refractivity contribution in [2.24, 2.45) is 0 Å². The van der Waals surface area contributed by atoms with Gasteiger partial charge in [0.25, 0.3) is 5.91 Å². The summed E-state index contributed by atoms with van der Waals surface area (Å²) in [5, 5.41) is 6.44. The Kier molecular flexibility index (Phi) is 5.49. The van der Waals surface area contributed by atoms with Crippen LogP contribution >= 0.6 is 0 Å². The molecule has 1 aliphatic rings. The van der Waals surface area contributed by atoms with Gasteiger partial charge in [-0.25, -0.2) is 0 Å². The molecule has 2 unspecified atom stereocenters. The minimum atomic E-state index is -0.139. The molecule has 1 fully saturated rings. The van der Waals surface area contributed by atoms with Gasteiger partial charge in [-0.15, -0.1) is 0 Å². The van der Waals surface area contributed by atoms with Crippen molar-refractivity contribution in [3.63, 3.8) is 0 Å². The van der Waals surface area contributed by atoms with E-state index in [1.807, 2.05) is 0 Å². The van der Waals surface area contributed by atoms with Crippen LogP contribution in [0.2, 0.25) is 0 Å². The second kappa shape index (κ2) is 7.35. The fourth-order valence-corrected chi connectivity index (χ4v) is 2.71. The lowest BCUT2D eigenvalue weighted by Crippen LogP contribution is -2.51. The van der Waals surface area contributed by atoms with Crippen LogP contribution in [0.15, 0.2) is 12.1 Å². The van der Waals surface area contributed by atoms with Crippen LogP contribution in [0.3, 0.4) is 0 Å². The minimum Gasteiger partial charge on any atom is -0.493 e. The summed E-state index contributed by atoms with van der Waals surface area (Å²) in [5.41, 5.74) is 0.493. The predicted octanol–water partition coefficient (Wildman–Crippen LogP) is 1.58. The van der Waals surface area contributed by atoms with E-state index in [-0.39, 0.29) is 18.0 Å². The highest BCUT2D eigenvalue weighted by Crippen LogP contribution is 2.38. The lowest BCUT2D eigenvalue weighted by molar-refractivity contribution is 0.0919. The first-order chi connectivity index (χ1) is 10.6. The average Bonchev–Trinajstić information content (AvgIpc) is 2.55. The number of methoxy groups -OCH3 is 3. The molecule has 1 saturated heterocycles. The van der Waals surface area contributed by atoms with Gasteiger partial charge in [0.2, 0.25) is 5.75 Å². The monoisotopic (exact) mass is 308 g/mol. The zero-order valence-corrected chi connectivity index (χ0v) is 13.6. The molecule has 1 aromatic rings. The molecule has 122 valence electrons. The van der Waals surface area contributed by atoms with Gasteiger partial charge >= 0.3 is 0 Å². The van der Waals surface area contributed by atoms with E-state index in [4.69, 9.17) is 14.2 Å². The van der Waals surface area contributed by atoms with Crippen LogP contribution < -0.4 is 24.8 Å². The van der Waals surface area contributed by atoms with Crippen molar-refractivity contribution in [3.8, 4) is 17.2 Å². The highest BCUT2D eigenvalue weighted by atomic mass is 16.5. The van der Waals surface area contributed by atoms with Crippen molar-refractivity contribution < 1.29 is 19.0 Å². The molecule has 2 atom stereocenters. The van der Waals surface area contributed by atoms with E-state index in [1.54, 1.807) is 12.1 Å². The Bertz CT molecular complexity index is 508. The van der Waals surface area contributed by atoms with Crippen molar-refractivity contribution in [3.05, 3.63) is 17.7 Å². The zero-order valence-electron chi connectivity index (χ0n) is 13.6. The number of carbonyl (C=O) groups is 1. The van der Waals surface area contributed by atoms with Crippen LogP contribution in [0.1, 0.15) is 30.1 Å². The third-order valence-corrected chi connectivity index (χ3v) is 4.01. The first-order valence-electron chi connectivity index (χ1n) is 7.45. The molecule has 0 aliphatic carbocycles. The molecule has 0 radical (unpaired) electrons. The Labute approximate surface area is 131 Å².